The van der Waals surface area contributed by atoms with Crippen molar-refractivity contribution in [1.29, 1.82) is 0 Å². The highest BCUT2D eigenvalue weighted by Gasteiger charge is 2.37. The normalized spacial score (nSPS) is 23.6. The summed E-state index contributed by atoms with van der Waals surface area (Å²) in [6.45, 7) is 4.69. The molecule has 1 saturated heterocycles. The second-order valence-corrected chi connectivity index (χ2v) is 6.04. The molecule has 3 rings (SSSR count). The fourth-order valence-corrected chi connectivity index (χ4v) is 2.93. The number of hydrogen-bond acceptors (Lipinski definition) is 7. The van der Waals surface area contributed by atoms with Crippen LogP contribution in [0.2, 0.25) is 0 Å². The number of quaternary nitrogens is 1. The van der Waals surface area contributed by atoms with Gasteiger partial charge in [-0.25, -0.2) is 5.21 Å². The molecule has 3 N–H and O–H groups in total. The molecule has 0 saturated carbocycles. The smallest absolute Gasteiger partial charge is 0.244 e. The maximum atomic E-state index is 11.1. The Kier molecular flexibility index (Phi) is 4.42. The SMILES string of the molecule is CC(C)N1C[C@H](O)C[C@H]1c1nc(-c2cccc([NH+]([O-])O)c2)no1. The van der Waals surface area contributed by atoms with Gasteiger partial charge in [0, 0.05) is 30.3 Å². The van der Waals surface area contributed by atoms with Crippen LogP contribution < -0.4 is 5.23 Å². The molecule has 8 nitrogen and oxygen atoms in total. The summed E-state index contributed by atoms with van der Waals surface area (Å²) in [6.07, 6.45) is 0.141. The fraction of sp³-hybridized carbons (Fsp3) is 0.467. The van der Waals surface area contributed by atoms with E-state index < -0.39 is 11.3 Å². The number of nitrogens with one attached hydrogen (secondary N) is 1. The molecule has 1 aromatic heterocycles. The Morgan fingerprint density at radius 1 is 1.43 bits per heavy atom. The average molecular weight is 320 g/mol. The maximum Gasteiger partial charge on any atom is 0.244 e. The van der Waals surface area contributed by atoms with Gasteiger partial charge >= 0.3 is 0 Å². The number of likely N-dealkylation sites (tertiary alicyclic amines) is 1. The van der Waals surface area contributed by atoms with Gasteiger partial charge in [-0.1, -0.05) is 17.3 Å². The number of hydrogen-bond donors (Lipinski definition) is 3. The zero-order valence-corrected chi connectivity index (χ0v) is 13.0. The van der Waals surface area contributed by atoms with E-state index in [9.17, 15) is 10.3 Å². The van der Waals surface area contributed by atoms with Crippen LogP contribution in [-0.4, -0.2) is 44.0 Å². The lowest BCUT2D eigenvalue weighted by Gasteiger charge is -2.25. The zero-order chi connectivity index (χ0) is 16.6. The van der Waals surface area contributed by atoms with Crippen molar-refractivity contribution in [3.8, 4) is 11.4 Å². The van der Waals surface area contributed by atoms with E-state index in [2.05, 4.69) is 28.9 Å². The van der Waals surface area contributed by atoms with Crippen molar-refractivity contribution in [2.75, 3.05) is 6.54 Å². The van der Waals surface area contributed by atoms with Gasteiger partial charge in [0.2, 0.25) is 11.7 Å². The highest BCUT2D eigenvalue weighted by Crippen LogP contribution is 2.33. The second-order valence-electron chi connectivity index (χ2n) is 6.04. The molecule has 0 amide bonds. The first kappa shape index (κ1) is 16.0. The Labute approximate surface area is 133 Å². The van der Waals surface area contributed by atoms with Gasteiger partial charge in [-0.2, -0.15) is 10.2 Å². The molecule has 1 unspecified atom stereocenters. The first-order valence-electron chi connectivity index (χ1n) is 7.57. The van der Waals surface area contributed by atoms with Crippen LogP contribution in [0, 0.1) is 5.21 Å². The van der Waals surface area contributed by atoms with Crippen molar-refractivity contribution in [3.05, 3.63) is 35.4 Å². The second kappa shape index (κ2) is 6.34. The lowest BCUT2D eigenvalue weighted by atomic mass is 10.1. The van der Waals surface area contributed by atoms with Crippen LogP contribution in [-0.2, 0) is 0 Å². The molecular formula is C15H20N4O4. The third kappa shape index (κ3) is 3.26. The Morgan fingerprint density at radius 2 is 2.22 bits per heavy atom. The molecule has 1 aromatic carbocycles. The van der Waals surface area contributed by atoms with Crippen LogP contribution >= 0.6 is 0 Å². The third-order valence-corrected chi connectivity index (χ3v) is 4.08. The first-order valence-corrected chi connectivity index (χ1v) is 7.57. The van der Waals surface area contributed by atoms with Crippen molar-refractivity contribution in [3.63, 3.8) is 0 Å². The van der Waals surface area contributed by atoms with Crippen molar-refractivity contribution in [2.24, 2.45) is 0 Å². The number of aliphatic hydroxyl groups is 1. The van der Waals surface area contributed by atoms with Crippen molar-refractivity contribution in [1.82, 2.24) is 15.0 Å². The molecule has 8 heteroatoms. The van der Waals surface area contributed by atoms with Crippen LogP contribution in [0.15, 0.2) is 28.8 Å². The van der Waals surface area contributed by atoms with Gasteiger partial charge in [0.05, 0.1) is 12.1 Å². The van der Waals surface area contributed by atoms with Crippen molar-refractivity contribution >= 4 is 5.69 Å². The number of nitrogens with zero attached hydrogens (tertiary/aromatic N) is 3. The predicted octanol–water partition coefficient (Wildman–Crippen LogP) is 0.656. The topological polar surface area (TPSA) is 110 Å². The quantitative estimate of drug-likeness (QED) is 0.710. The summed E-state index contributed by atoms with van der Waals surface area (Å²) in [6, 6.07) is 6.55. The fourth-order valence-electron chi connectivity index (χ4n) is 2.93. The Balaban J connectivity index is 1.87. The predicted molar refractivity (Wildman–Crippen MR) is 80.7 cm³/mol. The Bertz CT molecular complexity index is 673. The van der Waals surface area contributed by atoms with Crippen LogP contribution in [0.3, 0.4) is 0 Å². The van der Waals surface area contributed by atoms with Gasteiger partial charge in [-0.15, -0.1) is 0 Å². The summed E-state index contributed by atoms with van der Waals surface area (Å²) in [5.74, 6) is 0.805. The van der Waals surface area contributed by atoms with Gasteiger partial charge in [0.1, 0.15) is 0 Å². The molecule has 1 aliphatic heterocycles. The van der Waals surface area contributed by atoms with Crippen LogP contribution in [0.5, 0.6) is 0 Å². The number of benzene rings is 1. The van der Waals surface area contributed by atoms with E-state index >= 15 is 0 Å². The molecule has 1 aliphatic rings. The monoisotopic (exact) mass is 320 g/mol. The number of rotatable bonds is 4. The van der Waals surface area contributed by atoms with E-state index in [-0.39, 0.29) is 17.8 Å². The minimum absolute atomic E-state index is 0.117. The average Bonchev–Trinajstić information content (AvgIpc) is 3.13. The molecule has 0 radical (unpaired) electrons. The summed E-state index contributed by atoms with van der Waals surface area (Å²) < 4.78 is 5.37. The molecule has 0 bridgehead atoms. The van der Waals surface area contributed by atoms with Crippen LogP contribution in [0.1, 0.15) is 32.2 Å². The van der Waals surface area contributed by atoms with E-state index in [0.29, 0.717) is 30.2 Å². The lowest BCUT2D eigenvalue weighted by Crippen LogP contribution is -2.99. The van der Waals surface area contributed by atoms with E-state index in [1.807, 2.05) is 0 Å². The van der Waals surface area contributed by atoms with Crippen LogP contribution in [0.25, 0.3) is 11.4 Å². The largest absolute Gasteiger partial charge is 0.595 e. The van der Waals surface area contributed by atoms with E-state index in [1.165, 1.54) is 12.1 Å². The molecule has 0 spiro atoms. The van der Waals surface area contributed by atoms with E-state index in [0.717, 1.165) is 0 Å². The Morgan fingerprint density at radius 3 is 2.91 bits per heavy atom. The minimum atomic E-state index is -1.000. The maximum absolute atomic E-state index is 11.1. The van der Waals surface area contributed by atoms with E-state index in [4.69, 9.17) is 9.73 Å². The standard InChI is InChI=1S/C15H20N4O4/c1-9(2)18-8-12(20)7-13(18)15-16-14(17-23-15)10-4-3-5-11(6-10)19(21)22/h3-6,9,12-13,19-21H,7-8H2,1-2H3/t12-,13+/m1/s1. The highest BCUT2D eigenvalue weighted by molar-refractivity contribution is 5.58. The van der Waals surface area contributed by atoms with E-state index in [1.54, 1.807) is 12.1 Å². The van der Waals surface area contributed by atoms with Gasteiger partial charge in [-0.05, 0) is 20.3 Å². The number of aliphatic hydroxyl groups excluding tert-OH is 1. The molecule has 3 atom stereocenters. The van der Waals surface area contributed by atoms with Gasteiger partial charge in [0.25, 0.3) is 0 Å². The molecule has 23 heavy (non-hydrogen) atoms. The van der Waals surface area contributed by atoms with Gasteiger partial charge in [0.15, 0.2) is 5.69 Å². The molecule has 1 fully saturated rings. The van der Waals surface area contributed by atoms with Crippen LogP contribution in [0.4, 0.5) is 5.69 Å². The minimum Gasteiger partial charge on any atom is -0.595 e. The summed E-state index contributed by atoms with van der Waals surface area (Å²) in [4.78, 5) is 6.53. The third-order valence-electron chi connectivity index (χ3n) is 4.08. The molecule has 0 aliphatic carbocycles. The highest BCUT2D eigenvalue weighted by atomic mass is 16.8. The van der Waals surface area contributed by atoms with Crippen molar-refractivity contribution < 1.29 is 20.1 Å². The Hall–Kier alpha value is -1.84. The molecule has 2 aromatic rings. The summed E-state index contributed by atoms with van der Waals surface area (Å²) >= 11 is 0. The number of aromatic nitrogens is 2. The first-order chi connectivity index (χ1) is 11.0. The molecular weight excluding hydrogens is 300 g/mol. The lowest BCUT2D eigenvalue weighted by molar-refractivity contribution is -0.991. The van der Waals surface area contributed by atoms with Crippen molar-refractivity contribution in [2.45, 2.75) is 38.5 Å². The molecule has 2 heterocycles. The summed E-state index contributed by atoms with van der Waals surface area (Å²) in [7, 11) is 0. The number of β-amino-alcohol motifs (C(OH)–C–C–N with tert-alkyl or cyclic N) is 1. The molecule has 124 valence electrons. The summed E-state index contributed by atoms with van der Waals surface area (Å²) in [5, 5.41) is 33.0. The summed E-state index contributed by atoms with van der Waals surface area (Å²) in [5.41, 5.74) is 0.767. The van der Waals surface area contributed by atoms with Gasteiger partial charge in [-0.3, -0.25) is 4.90 Å². The zero-order valence-electron chi connectivity index (χ0n) is 13.0. The van der Waals surface area contributed by atoms with Gasteiger partial charge < -0.3 is 14.8 Å².